The van der Waals surface area contributed by atoms with E-state index in [-0.39, 0.29) is 17.5 Å². The molecule has 1 amide bonds. The van der Waals surface area contributed by atoms with Crippen molar-refractivity contribution >= 4 is 34.5 Å². The van der Waals surface area contributed by atoms with Gasteiger partial charge in [-0.3, -0.25) is 4.79 Å². The van der Waals surface area contributed by atoms with Crippen LogP contribution in [0.15, 0.2) is 60.3 Å². The van der Waals surface area contributed by atoms with Gasteiger partial charge in [-0.05, 0) is 36.6 Å². The Hall–Kier alpha value is -3.03. The second kappa shape index (κ2) is 8.55. The van der Waals surface area contributed by atoms with Crippen LogP contribution in [0.1, 0.15) is 36.8 Å². The smallest absolute Gasteiger partial charge is 0.262 e. The molecule has 146 valence electrons. The van der Waals surface area contributed by atoms with Crippen molar-refractivity contribution in [1.29, 1.82) is 5.26 Å². The number of benzene rings is 2. The molecule has 29 heavy (non-hydrogen) atoms. The molecule has 0 spiro atoms. The van der Waals surface area contributed by atoms with Crippen molar-refractivity contribution in [3.63, 3.8) is 0 Å². The molecule has 1 aromatic heterocycles. The highest BCUT2D eigenvalue weighted by Crippen LogP contribution is 2.26. The highest BCUT2D eigenvalue weighted by molar-refractivity contribution is 6.31. The number of halogens is 1. The maximum Gasteiger partial charge on any atom is 0.262 e. The van der Waals surface area contributed by atoms with Gasteiger partial charge >= 0.3 is 0 Å². The van der Waals surface area contributed by atoms with Crippen molar-refractivity contribution in [2.24, 2.45) is 0 Å². The van der Waals surface area contributed by atoms with Gasteiger partial charge in [0.25, 0.3) is 5.91 Å². The number of carbonyl (C=O) groups is 1. The van der Waals surface area contributed by atoms with Gasteiger partial charge in [0.05, 0.1) is 0 Å². The molecule has 5 heteroatoms. The lowest BCUT2D eigenvalue weighted by atomic mass is 10.1. The Bertz CT molecular complexity index is 1120. The van der Waals surface area contributed by atoms with Crippen LogP contribution < -0.4 is 5.32 Å². The number of carbonyl (C=O) groups excluding carboxylic acids is 1. The number of hydrogen-bond donors (Lipinski definition) is 1. The normalized spacial score (nSPS) is 14.8. The summed E-state index contributed by atoms with van der Waals surface area (Å²) in [4.78, 5) is 12.6. The van der Waals surface area contributed by atoms with E-state index in [4.69, 9.17) is 11.6 Å². The van der Waals surface area contributed by atoms with E-state index in [1.54, 1.807) is 6.08 Å². The van der Waals surface area contributed by atoms with Gasteiger partial charge in [0.2, 0.25) is 0 Å². The predicted molar refractivity (Wildman–Crippen MR) is 116 cm³/mol. The summed E-state index contributed by atoms with van der Waals surface area (Å²) >= 11 is 6.34. The maximum atomic E-state index is 12.6. The molecule has 0 unspecified atom stereocenters. The third kappa shape index (κ3) is 4.21. The van der Waals surface area contributed by atoms with Gasteiger partial charge in [0.15, 0.2) is 0 Å². The highest BCUT2D eigenvalue weighted by Gasteiger charge is 2.20. The fraction of sp³-hybridized carbons (Fsp3) is 0.250. The average molecular weight is 404 g/mol. The molecule has 0 atom stereocenters. The van der Waals surface area contributed by atoms with Crippen LogP contribution in [0, 0.1) is 11.3 Å². The molecular weight excluding hydrogens is 382 g/mol. The summed E-state index contributed by atoms with van der Waals surface area (Å²) in [5.74, 6) is -0.290. The molecule has 1 saturated carbocycles. The second-order valence-electron chi connectivity index (χ2n) is 7.45. The molecular formula is C24H22ClN3O. The monoisotopic (exact) mass is 403 g/mol. The van der Waals surface area contributed by atoms with Gasteiger partial charge in [0, 0.05) is 40.3 Å². The van der Waals surface area contributed by atoms with Crippen LogP contribution in [-0.4, -0.2) is 16.5 Å². The summed E-state index contributed by atoms with van der Waals surface area (Å²) in [6, 6.07) is 18.0. The number of nitriles is 1. The van der Waals surface area contributed by atoms with E-state index >= 15 is 0 Å². The number of rotatable bonds is 5. The molecule has 3 aromatic rings. The first-order valence-electron chi connectivity index (χ1n) is 9.89. The van der Waals surface area contributed by atoms with Crippen LogP contribution in [0.25, 0.3) is 17.0 Å². The Labute approximate surface area is 175 Å². The summed E-state index contributed by atoms with van der Waals surface area (Å²) in [5, 5.41) is 14.3. The molecule has 1 aliphatic rings. The molecule has 0 radical (unpaired) electrons. The maximum absolute atomic E-state index is 12.6. The third-order valence-electron chi connectivity index (χ3n) is 5.47. The van der Waals surface area contributed by atoms with Gasteiger partial charge in [0.1, 0.15) is 11.6 Å². The second-order valence-corrected chi connectivity index (χ2v) is 7.85. The SMILES string of the molecule is N#C/C(=C/c1cn(Cc2ccccc2Cl)c2ccccc12)C(=O)NC1CCCC1. The van der Waals surface area contributed by atoms with Gasteiger partial charge in [-0.15, -0.1) is 0 Å². The van der Waals surface area contributed by atoms with Crippen molar-refractivity contribution in [2.75, 3.05) is 0 Å². The number of fused-ring (bicyclic) bond motifs is 1. The van der Waals surface area contributed by atoms with Gasteiger partial charge in [-0.25, -0.2) is 0 Å². The predicted octanol–water partition coefficient (Wildman–Crippen LogP) is 5.31. The quantitative estimate of drug-likeness (QED) is 0.463. The molecule has 4 rings (SSSR count). The lowest BCUT2D eigenvalue weighted by Crippen LogP contribution is -2.33. The van der Waals surface area contributed by atoms with Crippen LogP contribution in [0.3, 0.4) is 0 Å². The Morgan fingerprint density at radius 3 is 2.66 bits per heavy atom. The zero-order chi connectivity index (χ0) is 20.2. The van der Waals surface area contributed by atoms with Crippen LogP contribution >= 0.6 is 11.6 Å². The van der Waals surface area contributed by atoms with E-state index in [2.05, 4.69) is 16.0 Å². The largest absolute Gasteiger partial charge is 0.349 e. The molecule has 0 saturated heterocycles. The fourth-order valence-corrected chi connectivity index (χ4v) is 4.16. The van der Waals surface area contributed by atoms with Crippen LogP contribution in [0.5, 0.6) is 0 Å². The Balaban J connectivity index is 1.68. The summed E-state index contributed by atoms with van der Waals surface area (Å²) in [6.45, 7) is 0.615. The van der Waals surface area contributed by atoms with E-state index < -0.39 is 0 Å². The standard InChI is InChI=1S/C24H22ClN3O/c25-22-11-5-1-7-17(22)15-28-16-19(21-10-4-6-12-23(21)28)13-18(14-26)24(29)27-20-8-2-3-9-20/h1,4-7,10-13,16,20H,2-3,8-9,15H2,(H,27,29)/b18-13-. The number of nitrogens with one attached hydrogen (secondary N) is 1. The van der Waals surface area contributed by atoms with Crippen molar-refractivity contribution in [1.82, 2.24) is 9.88 Å². The first kappa shape index (κ1) is 19.3. The number of amides is 1. The Kier molecular flexibility index (Phi) is 5.69. The number of para-hydroxylation sites is 1. The minimum Gasteiger partial charge on any atom is -0.349 e. The van der Waals surface area contributed by atoms with Crippen LogP contribution in [-0.2, 0) is 11.3 Å². The van der Waals surface area contributed by atoms with E-state index in [0.29, 0.717) is 6.54 Å². The molecule has 0 bridgehead atoms. The van der Waals surface area contributed by atoms with Crippen LogP contribution in [0.4, 0.5) is 0 Å². The number of aromatic nitrogens is 1. The third-order valence-corrected chi connectivity index (χ3v) is 5.84. The first-order valence-corrected chi connectivity index (χ1v) is 10.3. The molecule has 1 N–H and O–H groups in total. The highest BCUT2D eigenvalue weighted by atomic mass is 35.5. The van der Waals surface area contributed by atoms with E-state index in [1.165, 1.54) is 0 Å². The molecule has 2 aromatic carbocycles. The van der Waals surface area contributed by atoms with E-state index in [1.807, 2.05) is 54.7 Å². The fourth-order valence-electron chi connectivity index (χ4n) is 3.97. The van der Waals surface area contributed by atoms with Crippen molar-refractivity contribution in [2.45, 2.75) is 38.3 Å². The van der Waals surface area contributed by atoms with Crippen molar-refractivity contribution < 1.29 is 4.79 Å². The minimum atomic E-state index is -0.290. The lowest BCUT2D eigenvalue weighted by Gasteiger charge is -2.10. The summed E-state index contributed by atoms with van der Waals surface area (Å²) in [7, 11) is 0. The van der Waals surface area contributed by atoms with Gasteiger partial charge < -0.3 is 9.88 Å². The van der Waals surface area contributed by atoms with Crippen molar-refractivity contribution in [3.8, 4) is 6.07 Å². The molecule has 1 aliphatic carbocycles. The lowest BCUT2D eigenvalue weighted by molar-refractivity contribution is -0.117. The molecule has 1 fully saturated rings. The number of nitrogens with zero attached hydrogens (tertiary/aromatic N) is 2. The zero-order valence-corrected chi connectivity index (χ0v) is 16.8. The summed E-state index contributed by atoms with van der Waals surface area (Å²) in [5.41, 5.74) is 3.04. The average Bonchev–Trinajstić information content (AvgIpc) is 3.36. The molecule has 0 aliphatic heterocycles. The Morgan fingerprint density at radius 1 is 1.17 bits per heavy atom. The molecule has 4 nitrogen and oxygen atoms in total. The van der Waals surface area contributed by atoms with E-state index in [0.717, 1.165) is 52.7 Å². The first-order chi connectivity index (χ1) is 14.2. The minimum absolute atomic E-state index is 0.137. The summed E-state index contributed by atoms with van der Waals surface area (Å²) < 4.78 is 2.10. The summed E-state index contributed by atoms with van der Waals surface area (Å²) in [6.07, 6.45) is 7.91. The zero-order valence-electron chi connectivity index (χ0n) is 16.1. The van der Waals surface area contributed by atoms with Gasteiger partial charge in [-0.2, -0.15) is 5.26 Å². The topological polar surface area (TPSA) is 57.8 Å². The van der Waals surface area contributed by atoms with Gasteiger partial charge in [-0.1, -0.05) is 60.8 Å². The number of hydrogen-bond acceptors (Lipinski definition) is 2. The van der Waals surface area contributed by atoms with Crippen LogP contribution in [0.2, 0.25) is 5.02 Å². The molecule has 1 heterocycles. The van der Waals surface area contributed by atoms with Crippen molar-refractivity contribution in [3.05, 3.63) is 76.5 Å². The Morgan fingerprint density at radius 2 is 1.90 bits per heavy atom. The van der Waals surface area contributed by atoms with E-state index in [9.17, 15) is 10.1 Å².